The van der Waals surface area contributed by atoms with E-state index in [4.69, 9.17) is 0 Å². The molecule has 288 valence electrons. The van der Waals surface area contributed by atoms with Crippen LogP contribution in [-0.2, 0) is 19.2 Å². The van der Waals surface area contributed by atoms with Gasteiger partial charge in [0, 0.05) is 30.1 Å². The molecule has 52 heavy (non-hydrogen) atoms. The van der Waals surface area contributed by atoms with Crippen LogP contribution in [-0.4, -0.2) is 90.4 Å². The van der Waals surface area contributed by atoms with Crippen LogP contribution in [0.4, 0.5) is 0 Å². The molecule has 7 fully saturated rings. The largest absolute Gasteiger partial charge is 0.393 e. The highest BCUT2D eigenvalue weighted by Crippen LogP contribution is 2.74. The highest BCUT2D eigenvalue weighted by atomic mass is 16.3. The maximum atomic E-state index is 13.9. The van der Waals surface area contributed by atoms with Crippen LogP contribution >= 0.6 is 0 Å². The van der Waals surface area contributed by atoms with Gasteiger partial charge in [0.25, 0.3) is 0 Å². The minimum Gasteiger partial charge on any atom is -0.393 e. The van der Waals surface area contributed by atoms with Gasteiger partial charge in [-0.3, -0.25) is 19.2 Å². The summed E-state index contributed by atoms with van der Waals surface area (Å²) in [6, 6.07) is 0. The molecule has 0 aromatic carbocycles. The molecule has 0 heterocycles. The number of rotatable bonds is 5. The summed E-state index contributed by atoms with van der Waals surface area (Å²) in [6.07, 6.45) is 6.11. The zero-order chi connectivity index (χ0) is 37.6. The zero-order valence-electron chi connectivity index (χ0n) is 31.4. The maximum absolute atomic E-state index is 13.9. The Kier molecular flexibility index (Phi) is 8.45. The predicted octanol–water partition coefficient (Wildman–Crippen LogP) is 3.11. The molecule has 0 aromatic rings. The van der Waals surface area contributed by atoms with Gasteiger partial charge in [-0.2, -0.15) is 0 Å². The summed E-state index contributed by atoms with van der Waals surface area (Å²) >= 11 is 0. The van der Waals surface area contributed by atoms with Gasteiger partial charge in [-0.1, -0.05) is 33.3 Å². The van der Waals surface area contributed by atoms with Crippen LogP contribution in [0.2, 0.25) is 0 Å². The Morgan fingerprint density at radius 3 is 1.87 bits per heavy atom. The Hall–Kier alpha value is -1.82. The first-order chi connectivity index (χ1) is 24.4. The second kappa shape index (κ2) is 11.8. The van der Waals surface area contributed by atoms with E-state index in [1.54, 1.807) is 0 Å². The Balaban J connectivity index is 1.23. The van der Waals surface area contributed by atoms with Crippen LogP contribution in [0.3, 0.4) is 0 Å². The first kappa shape index (κ1) is 37.1. The second-order valence-corrected chi connectivity index (χ2v) is 19.9. The van der Waals surface area contributed by atoms with E-state index in [0.29, 0.717) is 44.9 Å². The molecule has 0 aliphatic heterocycles. The van der Waals surface area contributed by atoms with Crippen LogP contribution < -0.4 is 0 Å². The molecule has 0 bridgehead atoms. The number of Topliss-reactive ketones (excluding diaryl/α,β-unsaturated/α-hetero) is 3. The Morgan fingerprint density at radius 1 is 0.731 bits per heavy atom. The van der Waals surface area contributed by atoms with Gasteiger partial charge in [0.15, 0.2) is 17.3 Å². The monoisotopic (exact) mass is 724 g/mol. The van der Waals surface area contributed by atoms with Crippen molar-refractivity contribution in [3.8, 4) is 0 Å². The van der Waals surface area contributed by atoms with Crippen molar-refractivity contribution in [1.29, 1.82) is 0 Å². The average molecular weight is 725 g/mol. The fourth-order valence-electron chi connectivity index (χ4n) is 16.3. The molecule has 10 nitrogen and oxygen atoms in total. The number of fused-ring (bicyclic) bond motifs is 10. The summed E-state index contributed by atoms with van der Waals surface area (Å²) in [5.74, 6) is -1.97. The predicted molar refractivity (Wildman–Crippen MR) is 188 cm³/mol. The molecular weight excluding hydrogens is 664 g/mol. The summed E-state index contributed by atoms with van der Waals surface area (Å²) in [7, 11) is 0. The number of carbonyl (C=O) groups excluding carboxylic acids is 4. The topological polar surface area (TPSA) is 190 Å². The van der Waals surface area contributed by atoms with Crippen molar-refractivity contribution < 1.29 is 49.8 Å². The van der Waals surface area contributed by atoms with E-state index in [1.807, 2.05) is 19.9 Å². The van der Waals surface area contributed by atoms with Gasteiger partial charge in [-0.05, 0) is 134 Å². The molecule has 3 unspecified atom stereocenters. The van der Waals surface area contributed by atoms with Crippen molar-refractivity contribution in [3.63, 3.8) is 0 Å². The van der Waals surface area contributed by atoms with Gasteiger partial charge in [0.2, 0.25) is 0 Å². The van der Waals surface area contributed by atoms with E-state index >= 15 is 0 Å². The lowest BCUT2D eigenvalue weighted by Gasteiger charge is -2.67. The van der Waals surface area contributed by atoms with Crippen molar-refractivity contribution in [2.45, 2.75) is 135 Å². The van der Waals surface area contributed by atoms with Gasteiger partial charge in [0.05, 0.1) is 12.2 Å². The number of carbonyl (C=O) groups is 4. The van der Waals surface area contributed by atoms with E-state index in [9.17, 15) is 49.8 Å². The third kappa shape index (κ3) is 4.45. The quantitative estimate of drug-likeness (QED) is 0.246. The summed E-state index contributed by atoms with van der Waals surface area (Å²) in [5.41, 5.74) is -5.32. The van der Waals surface area contributed by atoms with Gasteiger partial charge in [-0.15, -0.1) is 0 Å². The summed E-state index contributed by atoms with van der Waals surface area (Å²) < 4.78 is 0. The first-order valence-corrected chi connectivity index (χ1v) is 20.2. The summed E-state index contributed by atoms with van der Waals surface area (Å²) in [6.45, 7) is 6.74. The Morgan fingerprint density at radius 2 is 1.29 bits per heavy atom. The Bertz CT molecular complexity index is 1610. The number of ketones is 4. The van der Waals surface area contributed by atoms with E-state index < -0.39 is 69.9 Å². The maximum Gasteiger partial charge on any atom is 0.190 e. The minimum atomic E-state index is -1.75. The smallest absolute Gasteiger partial charge is 0.190 e. The van der Waals surface area contributed by atoms with Crippen molar-refractivity contribution >= 4 is 23.1 Å². The van der Waals surface area contributed by atoms with Crippen molar-refractivity contribution in [2.75, 3.05) is 13.2 Å². The number of aliphatic hydroxyl groups is 6. The third-order valence-corrected chi connectivity index (χ3v) is 18.6. The number of hydrogen-bond donors (Lipinski definition) is 6. The molecule has 10 heteroatoms. The lowest BCUT2D eigenvalue weighted by atomic mass is 9.37. The standard InChI is InChI=1S/C42H60O10/c1-37-10-7-22(45)14-29(37)25(16-26-28-9-12-42(52,34(50)20-44)39(28,3)17-31(47)35(26)37)30-15-23(46)13-21-5-6-24-27-8-11-41(51,33(49)19-43)38(27,2)18-32(48)36(24)40(21,30)4/h14,21,24-28,30-32,35-36,43-44,47-48,51-52H,5-13,15-20H2,1-4H3/t21?,24-,25?,26-,27-,28-,30?,31-,32-,35+,36+,37-,38-,39-,40+,41-,42-/m0/s1. The van der Waals surface area contributed by atoms with E-state index in [1.165, 1.54) is 0 Å². The lowest BCUT2D eigenvalue weighted by molar-refractivity contribution is -0.219. The van der Waals surface area contributed by atoms with Crippen molar-refractivity contribution in [2.24, 2.45) is 74.9 Å². The van der Waals surface area contributed by atoms with E-state index in [2.05, 4.69) is 13.8 Å². The molecule has 8 aliphatic rings. The minimum absolute atomic E-state index is 0.00466. The normalized spacial score (nSPS) is 55.3. The third-order valence-electron chi connectivity index (χ3n) is 18.6. The fraction of sp³-hybridized carbons (Fsp3) is 0.857. The van der Waals surface area contributed by atoms with Crippen LogP contribution in [0, 0.1) is 74.9 Å². The zero-order valence-corrected chi connectivity index (χ0v) is 31.4. The van der Waals surface area contributed by atoms with Crippen LogP contribution in [0.15, 0.2) is 11.6 Å². The first-order valence-electron chi connectivity index (χ1n) is 20.2. The molecule has 0 amide bonds. The highest BCUT2D eigenvalue weighted by Gasteiger charge is 2.73. The SMILES string of the molecule is C[C@]12C(CC[C@@H]3[C@@H]1[C@@H](O)C[C@@]1(C)[C@H]3CC[C@]1(O)C(=O)CO)CC(=O)CC2C1C[C@@H]2[C@H]([C@@H](O)C[C@@]3(C)[C@H]2CC[C@]3(O)C(=O)CO)[C@@]2(C)CCC(=O)C=C12. The lowest BCUT2D eigenvalue weighted by Crippen LogP contribution is -2.66. The second-order valence-electron chi connectivity index (χ2n) is 19.9. The molecule has 6 N–H and O–H groups in total. The molecular formula is C42H60O10. The molecule has 7 saturated carbocycles. The van der Waals surface area contributed by atoms with Crippen LogP contribution in [0.5, 0.6) is 0 Å². The summed E-state index contributed by atoms with van der Waals surface area (Å²) in [5, 5.41) is 68.0. The van der Waals surface area contributed by atoms with Gasteiger partial charge < -0.3 is 30.6 Å². The van der Waals surface area contributed by atoms with Crippen molar-refractivity contribution in [3.05, 3.63) is 11.6 Å². The van der Waals surface area contributed by atoms with E-state index in [0.717, 1.165) is 18.4 Å². The number of hydrogen-bond acceptors (Lipinski definition) is 10. The summed E-state index contributed by atoms with van der Waals surface area (Å²) in [4.78, 5) is 53.4. The molecule has 0 saturated heterocycles. The molecule has 0 aromatic heterocycles. The molecule has 17 atom stereocenters. The number of allylic oxidation sites excluding steroid dienone is 1. The Labute approximate surface area is 306 Å². The number of aliphatic hydroxyl groups excluding tert-OH is 4. The van der Waals surface area contributed by atoms with E-state index in [-0.39, 0.29) is 90.5 Å². The van der Waals surface area contributed by atoms with Crippen LogP contribution in [0.1, 0.15) is 111 Å². The average Bonchev–Trinajstić information content (AvgIpc) is 3.52. The molecule has 0 spiro atoms. The molecule has 8 aliphatic carbocycles. The highest BCUT2D eigenvalue weighted by molar-refractivity contribution is 5.92. The van der Waals surface area contributed by atoms with Gasteiger partial charge in [-0.25, -0.2) is 0 Å². The molecule has 0 radical (unpaired) electrons. The fourth-order valence-corrected chi connectivity index (χ4v) is 16.3. The molecule has 8 rings (SSSR count). The van der Waals surface area contributed by atoms with Crippen LogP contribution in [0.25, 0.3) is 0 Å². The van der Waals surface area contributed by atoms with Gasteiger partial charge >= 0.3 is 0 Å². The van der Waals surface area contributed by atoms with Crippen molar-refractivity contribution in [1.82, 2.24) is 0 Å². The van der Waals surface area contributed by atoms with Gasteiger partial charge in [0.1, 0.15) is 30.2 Å².